The van der Waals surface area contributed by atoms with E-state index in [1.807, 2.05) is 0 Å². The second kappa shape index (κ2) is 4.25. The molecule has 16 heavy (non-hydrogen) atoms. The lowest BCUT2D eigenvalue weighted by atomic mass is 10.2. The summed E-state index contributed by atoms with van der Waals surface area (Å²) in [7, 11) is -2.66. The van der Waals surface area contributed by atoms with Crippen molar-refractivity contribution in [3.8, 4) is 0 Å². The van der Waals surface area contributed by atoms with E-state index < -0.39 is 16.0 Å². The van der Waals surface area contributed by atoms with E-state index in [0.717, 1.165) is 6.42 Å². The van der Waals surface area contributed by atoms with Gasteiger partial charge in [0, 0.05) is 12.1 Å². The Morgan fingerprint density at radius 3 is 2.38 bits per heavy atom. The molecule has 1 fully saturated rings. The van der Waals surface area contributed by atoms with Crippen molar-refractivity contribution >= 4 is 33.3 Å². The maximum atomic E-state index is 10.9. The van der Waals surface area contributed by atoms with Crippen LogP contribution in [0.25, 0.3) is 0 Å². The first-order valence-electron chi connectivity index (χ1n) is 4.84. The fraction of sp³-hybridized carbons (Fsp3) is 0.300. The van der Waals surface area contributed by atoms with Crippen LogP contribution in [0.15, 0.2) is 24.3 Å². The highest BCUT2D eigenvalue weighted by Crippen LogP contribution is 2.50. The number of hydrogen-bond acceptors (Lipinski definition) is 4. The van der Waals surface area contributed by atoms with Gasteiger partial charge >= 0.3 is 0 Å². The highest BCUT2D eigenvalue weighted by molar-refractivity contribution is 8.25. The molecule has 0 unspecified atom stereocenters. The Morgan fingerprint density at radius 2 is 1.94 bits per heavy atom. The van der Waals surface area contributed by atoms with Crippen LogP contribution in [0.2, 0.25) is 0 Å². The molecule has 0 spiro atoms. The minimum absolute atomic E-state index is 0.404. The molecule has 1 saturated heterocycles. The number of benzene rings is 1. The van der Waals surface area contributed by atoms with Gasteiger partial charge in [0.15, 0.2) is 0 Å². The fourth-order valence-corrected chi connectivity index (χ4v) is 3.46. The zero-order valence-corrected chi connectivity index (χ0v) is 10.0. The van der Waals surface area contributed by atoms with Gasteiger partial charge in [-0.3, -0.25) is 18.2 Å². The van der Waals surface area contributed by atoms with E-state index in [-0.39, 0.29) is 0 Å². The molecule has 2 rings (SSSR count). The van der Waals surface area contributed by atoms with Crippen molar-refractivity contribution in [2.45, 2.75) is 6.42 Å². The summed E-state index contributed by atoms with van der Waals surface area (Å²) in [6.07, 6.45) is 0.762. The smallest absolute Gasteiger partial charge is 0.252 e. The molecule has 0 atom stereocenters. The number of carbonyl (C=O) groups excluding carboxylic acids is 1. The molecule has 1 aliphatic rings. The zero-order valence-electron chi connectivity index (χ0n) is 8.47. The Balaban J connectivity index is 2.25. The molecule has 0 saturated carbocycles. The number of halogens is 1. The predicted octanol–water partition coefficient (Wildman–Crippen LogP) is 2.94. The van der Waals surface area contributed by atoms with Crippen LogP contribution in [-0.4, -0.2) is 26.6 Å². The summed E-state index contributed by atoms with van der Waals surface area (Å²) in [5, 5.41) is -0.514. The molecule has 0 radical (unpaired) electrons. The van der Waals surface area contributed by atoms with Gasteiger partial charge in [-0.1, -0.05) is 0 Å². The highest BCUT2D eigenvalue weighted by Gasteiger charge is 2.28. The molecule has 0 amide bonds. The van der Waals surface area contributed by atoms with Gasteiger partial charge in [0.05, 0.1) is 11.4 Å². The lowest BCUT2D eigenvalue weighted by Crippen LogP contribution is -2.21. The number of carbonyl (C=O) groups is 1. The first-order chi connectivity index (χ1) is 7.50. The van der Waals surface area contributed by atoms with E-state index in [1.54, 1.807) is 28.6 Å². The van der Waals surface area contributed by atoms with Gasteiger partial charge in [-0.15, -0.1) is 10.8 Å². The van der Waals surface area contributed by atoms with E-state index in [9.17, 15) is 13.9 Å². The molecule has 2 N–H and O–H groups in total. The van der Waals surface area contributed by atoms with Gasteiger partial charge in [-0.05, 0) is 42.3 Å². The van der Waals surface area contributed by atoms with Gasteiger partial charge < -0.3 is 0 Å². The quantitative estimate of drug-likeness (QED) is 0.804. The maximum absolute atomic E-state index is 10.9. The van der Waals surface area contributed by atoms with Gasteiger partial charge in [0.2, 0.25) is 0 Å². The summed E-state index contributed by atoms with van der Waals surface area (Å²) in [5.41, 5.74) is 1.11. The van der Waals surface area contributed by atoms with Crippen molar-refractivity contribution in [2.75, 3.05) is 16.6 Å². The summed E-state index contributed by atoms with van der Waals surface area (Å²) in [5.74, 6) is 0.406. The lowest BCUT2D eigenvalue weighted by Gasteiger charge is -2.38. The molecule has 0 aliphatic carbocycles. The molecule has 1 aliphatic heterocycles. The second-order valence-corrected chi connectivity index (χ2v) is 6.07. The van der Waals surface area contributed by atoms with Crippen molar-refractivity contribution < 1.29 is 13.9 Å². The minimum atomic E-state index is -2.66. The van der Waals surface area contributed by atoms with Crippen LogP contribution in [0.5, 0.6) is 0 Å². The van der Waals surface area contributed by atoms with Crippen LogP contribution in [-0.2, 0) is 0 Å². The van der Waals surface area contributed by atoms with Crippen LogP contribution in [0.4, 0.5) is 5.69 Å². The molecule has 1 heterocycles. The molecule has 1 aromatic carbocycles. The van der Waals surface area contributed by atoms with E-state index in [4.69, 9.17) is 11.6 Å². The van der Waals surface area contributed by atoms with Crippen LogP contribution in [0, 0.1) is 0 Å². The van der Waals surface area contributed by atoms with Crippen molar-refractivity contribution in [3.05, 3.63) is 29.8 Å². The topological polar surface area (TPSA) is 60.8 Å². The summed E-state index contributed by atoms with van der Waals surface area (Å²) >= 11 is 5.33. The van der Waals surface area contributed by atoms with E-state index in [2.05, 4.69) is 0 Å². The van der Waals surface area contributed by atoms with Gasteiger partial charge in [-0.25, -0.2) is 0 Å². The van der Waals surface area contributed by atoms with Crippen molar-refractivity contribution in [3.63, 3.8) is 0 Å². The molecule has 0 bridgehead atoms. The average molecular weight is 262 g/mol. The van der Waals surface area contributed by atoms with Crippen LogP contribution >= 0.6 is 22.4 Å². The third kappa shape index (κ3) is 2.17. The average Bonchev–Trinajstić information content (AvgIpc) is 2.58. The number of hydrogen-bond donors (Lipinski definition) is 2. The van der Waals surface area contributed by atoms with Gasteiger partial charge in [-0.2, -0.15) is 0 Å². The largest absolute Gasteiger partial charge is 0.282 e. The third-order valence-corrected chi connectivity index (χ3v) is 4.67. The first kappa shape index (κ1) is 11.7. The van der Waals surface area contributed by atoms with Crippen molar-refractivity contribution in [1.29, 1.82) is 0 Å². The summed E-state index contributed by atoms with van der Waals surface area (Å²) in [6.45, 7) is 0.622. The van der Waals surface area contributed by atoms with Crippen LogP contribution in [0.1, 0.15) is 16.8 Å². The molecule has 4 nitrogen and oxygen atoms in total. The second-order valence-electron chi connectivity index (χ2n) is 3.61. The van der Waals surface area contributed by atoms with Crippen molar-refractivity contribution in [1.82, 2.24) is 0 Å². The fourth-order valence-electron chi connectivity index (χ4n) is 1.71. The standard InChI is InChI=1S/C10H12ClNO3S/c11-10(13)8-2-4-9(5-3-8)12-6-1-7-16(12,14)15/h2-5,14-15H,1,6-7H2. The summed E-state index contributed by atoms with van der Waals surface area (Å²) in [6, 6.07) is 6.52. The van der Waals surface area contributed by atoms with Crippen LogP contribution in [0.3, 0.4) is 0 Å². The first-order valence-corrected chi connectivity index (χ1v) is 6.89. The Hall–Kier alpha value is -0.750. The van der Waals surface area contributed by atoms with E-state index in [1.165, 1.54) is 0 Å². The summed E-state index contributed by atoms with van der Waals surface area (Å²) < 4.78 is 21.1. The van der Waals surface area contributed by atoms with E-state index >= 15 is 0 Å². The molecule has 0 aromatic heterocycles. The minimum Gasteiger partial charge on any atom is -0.282 e. The Kier molecular flexibility index (Phi) is 3.12. The van der Waals surface area contributed by atoms with E-state index in [0.29, 0.717) is 23.5 Å². The Labute approximate surface area is 100 Å². The monoisotopic (exact) mass is 261 g/mol. The third-order valence-electron chi connectivity index (χ3n) is 2.51. The zero-order chi connectivity index (χ0) is 11.8. The molecular formula is C10H12ClNO3S. The van der Waals surface area contributed by atoms with Crippen LogP contribution < -0.4 is 4.31 Å². The number of rotatable bonds is 2. The number of anilines is 1. The Bertz CT molecular complexity index is 407. The predicted molar refractivity (Wildman–Crippen MR) is 66.3 cm³/mol. The SMILES string of the molecule is O=C(Cl)c1ccc(N2CCCS2(O)O)cc1. The summed E-state index contributed by atoms with van der Waals surface area (Å²) in [4.78, 5) is 10.9. The highest BCUT2D eigenvalue weighted by atomic mass is 35.5. The molecule has 1 aromatic rings. The molecular weight excluding hydrogens is 250 g/mol. The maximum Gasteiger partial charge on any atom is 0.252 e. The Morgan fingerprint density at radius 1 is 1.31 bits per heavy atom. The normalized spacial score (nSPS) is 20.8. The van der Waals surface area contributed by atoms with Gasteiger partial charge in [0.1, 0.15) is 0 Å². The lowest BCUT2D eigenvalue weighted by molar-refractivity contribution is 0.108. The molecule has 6 heteroatoms. The molecule has 88 valence electrons. The van der Waals surface area contributed by atoms with Gasteiger partial charge in [0.25, 0.3) is 5.24 Å². The van der Waals surface area contributed by atoms with Crippen molar-refractivity contribution in [2.24, 2.45) is 0 Å². The number of nitrogens with zero attached hydrogens (tertiary/aromatic N) is 1.